The van der Waals surface area contributed by atoms with Crippen LogP contribution < -0.4 is 11.2 Å². The fraction of sp³-hybridized carbons (Fsp3) is 0. The molecule has 0 saturated carbocycles. The van der Waals surface area contributed by atoms with Crippen molar-refractivity contribution in [2.45, 2.75) is 0 Å². The maximum Gasteiger partial charge on any atom is 0.332 e. The average molecular weight is 230 g/mol. The molecule has 1 aromatic carbocycles. The van der Waals surface area contributed by atoms with Gasteiger partial charge in [-0.05, 0) is 17.7 Å². The predicted molar refractivity (Wildman–Crippen MR) is 61.7 cm³/mol. The highest BCUT2D eigenvalue weighted by molar-refractivity contribution is 5.81. The number of nitrogens with one attached hydrogen (secondary N) is 1. The van der Waals surface area contributed by atoms with E-state index in [2.05, 4.69) is 20.8 Å². The SMILES string of the molecule is NC(=O)NN=Cc1ccc(-n2ccnn2)cc1. The van der Waals surface area contributed by atoms with E-state index < -0.39 is 6.03 Å². The van der Waals surface area contributed by atoms with E-state index in [0.717, 1.165) is 11.3 Å². The van der Waals surface area contributed by atoms with Crippen molar-refractivity contribution in [3.05, 3.63) is 42.2 Å². The Hall–Kier alpha value is -2.70. The first kappa shape index (κ1) is 10.8. The summed E-state index contributed by atoms with van der Waals surface area (Å²) in [6, 6.07) is 6.70. The first-order valence-electron chi connectivity index (χ1n) is 4.81. The van der Waals surface area contributed by atoms with Crippen LogP contribution in [0.1, 0.15) is 5.56 Å². The molecule has 0 spiro atoms. The van der Waals surface area contributed by atoms with Gasteiger partial charge in [-0.2, -0.15) is 5.10 Å². The van der Waals surface area contributed by atoms with Gasteiger partial charge in [0.2, 0.25) is 0 Å². The number of nitrogens with zero attached hydrogens (tertiary/aromatic N) is 4. The van der Waals surface area contributed by atoms with E-state index in [1.54, 1.807) is 17.1 Å². The van der Waals surface area contributed by atoms with E-state index in [9.17, 15) is 4.79 Å². The number of primary amides is 1. The largest absolute Gasteiger partial charge is 0.350 e. The second-order valence-corrected chi connectivity index (χ2v) is 3.17. The number of nitrogens with two attached hydrogens (primary N) is 1. The van der Waals surface area contributed by atoms with Crippen LogP contribution in [0.5, 0.6) is 0 Å². The number of benzene rings is 1. The quantitative estimate of drug-likeness (QED) is 0.584. The van der Waals surface area contributed by atoms with Crippen molar-refractivity contribution in [3.8, 4) is 5.69 Å². The van der Waals surface area contributed by atoms with E-state index in [1.807, 2.05) is 24.3 Å². The van der Waals surface area contributed by atoms with Crippen LogP contribution in [0.2, 0.25) is 0 Å². The summed E-state index contributed by atoms with van der Waals surface area (Å²) in [5.41, 5.74) is 8.71. The molecule has 0 unspecified atom stereocenters. The number of hydrogen-bond donors (Lipinski definition) is 2. The second kappa shape index (κ2) is 4.88. The Morgan fingerprint density at radius 3 is 2.76 bits per heavy atom. The first-order valence-corrected chi connectivity index (χ1v) is 4.81. The molecule has 7 heteroatoms. The minimum absolute atomic E-state index is 0.694. The van der Waals surface area contributed by atoms with E-state index in [4.69, 9.17) is 5.73 Å². The van der Waals surface area contributed by atoms with Gasteiger partial charge in [-0.15, -0.1) is 5.10 Å². The van der Waals surface area contributed by atoms with Crippen LogP contribution in [-0.2, 0) is 0 Å². The molecule has 17 heavy (non-hydrogen) atoms. The lowest BCUT2D eigenvalue weighted by atomic mass is 10.2. The molecule has 1 aromatic heterocycles. The van der Waals surface area contributed by atoms with Gasteiger partial charge in [-0.1, -0.05) is 17.3 Å². The van der Waals surface area contributed by atoms with E-state index in [1.165, 1.54) is 6.21 Å². The Labute approximate surface area is 96.9 Å². The van der Waals surface area contributed by atoms with Crippen molar-refractivity contribution in [3.63, 3.8) is 0 Å². The molecule has 0 saturated heterocycles. The molecular weight excluding hydrogens is 220 g/mol. The van der Waals surface area contributed by atoms with Crippen molar-refractivity contribution in [2.24, 2.45) is 10.8 Å². The summed E-state index contributed by atoms with van der Waals surface area (Å²) in [6.07, 6.45) is 4.85. The van der Waals surface area contributed by atoms with Crippen molar-refractivity contribution in [1.29, 1.82) is 0 Å². The molecule has 0 fully saturated rings. The van der Waals surface area contributed by atoms with Crippen molar-refractivity contribution >= 4 is 12.2 Å². The standard InChI is InChI=1S/C10H10N6O/c11-10(17)14-13-7-8-1-3-9(4-2-8)16-6-5-12-15-16/h1-7H,(H3,11,14,17). The smallest absolute Gasteiger partial charge is 0.332 e. The minimum Gasteiger partial charge on any atom is -0.350 e. The lowest BCUT2D eigenvalue weighted by molar-refractivity contribution is 0.249. The molecule has 0 aliphatic rings. The number of carbonyl (C=O) groups excluding carboxylic acids is 1. The number of carbonyl (C=O) groups is 1. The molecule has 2 aromatic rings. The van der Waals surface area contributed by atoms with E-state index in [-0.39, 0.29) is 0 Å². The zero-order valence-electron chi connectivity index (χ0n) is 8.82. The topological polar surface area (TPSA) is 98.2 Å². The highest BCUT2D eigenvalue weighted by atomic mass is 16.2. The van der Waals surface area contributed by atoms with Gasteiger partial charge in [0.1, 0.15) is 0 Å². The third kappa shape index (κ3) is 2.88. The molecule has 0 atom stereocenters. The van der Waals surface area contributed by atoms with Crippen LogP contribution >= 0.6 is 0 Å². The molecule has 1 heterocycles. The fourth-order valence-electron chi connectivity index (χ4n) is 1.23. The van der Waals surface area contributed by atoms with Gasteiger partial charge in [0.15, 0.2) is 0 Å². The monoisotopic (exact) mass is 230 g/mol. The number of rotatable bonds is 3. The molecule has 2 amide bonds. The highest BCUT2D eigenvalue weighted by Crippen LogP contribution is 2.06. The lowest BCUT2D eigenvalue weighted by Crippen LogP contribution is -2.24. The van der Waals surface area contributed by atoms with Crippen LogP contribution in [-0.4, -0.2) is 27.2 Å². The Bertz CT molecular complexity index is 516. The Kier molecular flexibility index (Phi) is 3.10. The number of hydrogen-bond acceptors (Lipinski definition) is 4. The zero-order valence-corrected chi connectivity index (χ0v) is 8.82. The molecular formula is C10H10N6O. The fourth-order valence-corrected chi connectivity index (χ4v) is 1.23. The van der Waals surface area contributed by atoms with Crippen LogP contribution in [0, 0.1) is 0 Å². The summed E-state index contributed by atoms with van der Waals surface area (Å²) < 4.78 is 1.64. The molecule has 0 aliphatic carbocycles. The van der Waals surface area contributed by atoms with Gasteiger partial charge in [0, 0.05) is 0 Å². The highest BCUT2D eigenvalue weighted by Gasteiger charge is 1.96. The van der Waals surface area contributed by atoms with E-state index >= 15 is 0 Å². The van der Waals surface area contributed by atoms with Crippen molar-refractivity contribution in [2.75, 3.05) is 0 Å². The number of hydrazone groups is 1. The predicted octanol–water partition coefficient (Wildman–Crippen LogP) is 0.269. The Morgan fingerprint density at radius 1 is 1.41 bits per heavy atom. The maximum atomic E-state index is 10.4. The summed E-state index contributed by atoms with van der Waals surface area (Å²) in [6.45, 7) is 0. The minimum atomic E-state index is -0.694. The van der Waals surface area contributed by atoms with Crippen LogP contribution in [0.4, 0.5) is 4.79 Å². The molecule has 2 rings (SSSR count). The molecule has 0 radical (unpaired) electrons. The van der Waals surface area contributed by atoms with Crippen molar-refractivity contribution in [1.82, 2.24) is 20.4 Å². The molecule has 0 bridgehead atoms. The second-order valence-electron chi connectivity index (χ2n) is 3.17. The van der Waals surface area contributed by atoms with Gasteiger partial charge >= 0.3 is 6.03 Å². The zero-order chi connectivity index (χ0) is 12.1. The normalized spacial score (nSPS) is 10.6. The lowest BCUT2D eigenvalue weighted by Gasteiger charge is -1.99. The van der Waals surface area contributed by atoms with Gasteiger partial charge in [0.05, 0.1) is 24.3 Å². The summed E-state index contributed by atoms with van der Waals surface area (Å²) in [5.74, 6) is 0. The third-order valence-electron chi connectivity index (χ3n) is 1.97. The summed E-state index contributed by atoms with van der Waals surface area (Å²) in [4.78, 5) is 10.4. The van der Waals surface area contributed by atoms with Crippen LogP contribution in [0.3, 0.4) is 0 Å². The summed E-state index contributed by atoms with van der Waals surface area (Å²) in [5, 5.41) is 11.2. The maximum absolute atomic E-state index is 10.4. The van der Waals surface area contributed by atoms with Crippen molar-refractivity contribution < 1.29 is 4.79 Å². The van der Waals surface area contributed by atoms with E-state index in [0.29, 0.717) is 0 Å². The molecule has 3 N–H and O–H groups in total. The third-order valence-corrected chi connectivity index (χ3v) is 1.97. The molecule has 86 valence electrons. The van der Waals surface area contributed by atoms with Gasteiger partial charge < -0.3 is 5.73 Å². The summed E-state index contributed by atoms with van der Waals surface area (Å²) in [7, 11) is 0. The number of aromatic nitrogens is 3. The van der Waals surface area contributed by atoms with Crippen LogP contribution in [0.15, 0.2) is 41.8 Å². The first-order chi connectivity index (χ1) is 8.25. The van der Waals surface area contributed by atoms with Crippen LogP contribution in [0.25, 0.3) is 5.69 Å². The molecule has 7 nitrogen and oxygen atoms in total. The number of amides is 2. The Morgan fingerprint density at radius 2 is 2.18 bits per heavy atom. The summed E-state index contributed by atoms with van der Waals surface area (Å²) >= 11 is 0. The number of urea groups is 1. The average Bonchev–Trinajstić information content (AvgIpc) is 2.83. The van der Waals surface area contributed by atoms with Gasteiger partial charge in [-0.25, -0.2) is 14.9 Å². The van der Waals surface area contributed by atoms with Gasteiger partial charge in [-0.3, -0.25) is 0 Å². The van der Waals surface area contributed by atoms with Gasteiger partial charge in [0.25, 0.3) is 0 Å². The Balaban J connectivity index is 2.08. The molecule has 0 aliphatic heterocycles.